The van der Waals surface area contributed by atoms with Crippen molar-refractivity contribution in [2.45, 2.75) is 71.2 Å². The van der Waals surface area contributed by atoms with Crippen LogP contribution in [0.4, 0.5) is 0 Å². The third-order valence-electron chi connectivity index (χ3n) is 3.43. The molecule has 2 heteroatoms. The van der Waals surface area contributed by atoms with E-state index in [0.29, 0.717) is 16.6 Å². The molecule has 0 rings (SSSR count). The Balaban J connectivity index is 5.04. The summed E-state index contributed by atoms with van der Waals surface area (Å²) in [5.74, 6) is 0. The van der Waals surface area contributed by atoms with Gasteiger partial charge >= 0.3 is 0 Å². The molecule has 0 saturated heterocycles. The predicted octanol–water partition coefficient (Wildman–Crippen LogP) is 4.75. The molecular formula is C13H28OSi. The summed E-state index contributed by atoms with van der Waals surface area (Å²) in [6, 6.07) is 0. The van der Waals surface area contributed by atoms with E-state index in [-0.39, 0.29) is 6.10 Å². The maximum absolute atomic E-state index is 6.39. The normalized spacial score (nSPS) is 15.1. The molecule has 0 unspecified atom stereocenters. The summed E-state index contributed by atoms with van der Waals surface area (Å²) in [5.41, 5.74) is 1.96. The largest absolute Gasteiger partial charge is 0.410 e. The number of hydrogen-bond donors (Lipinski definition) is 0. The second kappa shape index (κ2) is 5.85. The van der Waals surface area contributed by atoms with Crippen LogP contribution < -0.4 is 0 Å². The van der Waals surface area contributed by atoms with Crippen LogP contribution in [-0.4, -0.2) is 14.4 Å². The molecule has 0 heterocycles. The average Bonchev–Trinajstić information content (AvgIpc) is 2.11. The van der Waals surface area contributed by atoms with Gasteiger partial charge in [-0.3, -0.25) is 0 Å². The van der Waals surface area contributed by atoms with Gasteiger partial charge < -0.3 is 4.43 Å². The molecule has 15 heavy (non-hydrogen) atoms. The van der Waals surface area contributed by atoms with E-state index in [0.717, 1.165) is 0 Å². The minimum absolute atomic E-state index is 0.184. The van der Waals surface area contributed by atoms with Crippen LogP contribution in [0.5, 0.6) is 0 Å². The fourth-order valence-electron chi connectivity index (χ4n) is 2.78. The van der Waals surface area contributed by atoms with Crippen LogP contribution in [0, 0.1) is 0 Å². The topological polar surface area (TPSA) is 9.23 Å². The van der Waals surface area contributed by atoms with Crippen LogP contribution in [0.15, 0.2) is 12.7 Å². The van der Waals surface area contributed by atoms with Crippen molar-refractivity contribution in [3.8, 4) is 0 Å². The lowest BCUT2D eigenvalue weighted by Gasteiger charge is -2.43. The maximum atomic E-state index is 6.39. The van der Waals surface area contributed by atoms with Gasteiger partial charge in [0.1, 0.15) is 0 Å². The van der Waals surface area contributed by atoms with Gasteiger partial charge in [0.05, 0.1) is 6.10 Å². The predicted molar refractivity (Wildman–Crippen MR) is 71.8 cm³/mol. The van der Waals surface area contributed by atoms with Gasteiger partial charge in [-0.15, -0.1) is 6.58 Å². The lowest BCUT2D eigenvalue weighted by molar-refractivity contribution is 0.234. The Labute approximate surface area is 97.0 Å². The zero-order valence-corrected chi connectivity index (χ0v) is 12.5. The second-order valence-corrected chi connectivity index (χ2v) is 10.8. The van der Waals surface area contributed by atoms with Gasteiger partial charge in [-0.1, -0.05) is 47.6 Å². The van der Waals surface area contributed by atoms with E-state index in [2.05, 4.69) is 55.0 Å². The van der Waals surface area contributed by atoms with Crippen LogP contribution in [-0.2, 0) is 4.43 Å². The molecular weight excluding hydrogens is 200 g/mol. The molecule has 0 saturated carbocycles. The summed E-state index contributed by atoms with van der Waals surface area (Å²) in [4.78, 5) is 0. The van der Waals surface area contributed by atoms with Crippen LogP contribution in [0.25, 0.3) is 0 Å². The van der Waals surface area contributed by atoms with Gasteiger partial charge in [0.2, 0.25) is 8.32 Å². The first kappa shape index (κ1) is 14.9. The van der Waals surface area contributed by atoms with Crippen molar-refractivity contribution in [3.63, 3.8) is 0 Å². The van der Waals surface area contributed by atoms with E-state index in [1.165, 1.54) is 0 Å². The first-order valence-corrected chi connectivity index (χ1v) is 8.23. The Kier molecular flexibility index (Phi) is 5.82. The van der Waals surface area contributed by atoms with Crippen molar-refractivity contribution in [1.29, 1.82) is 0 Å². The van der Waals surface area contributed by atoms with Crippen molar-refractivity contribution in [3.05, 3.63) is 12.7 Å². The monoisotopic (exact) mass is 228 g/mol. The zero-order chi connectivity index (χ0) is 12.2. The standard InChI is InChI=1S/C13H28OSi/c1-9-13(8)14-15(10(2)3,11(4)5)12(6)7/h9-13H,1H2,2-8H3/t13-/m1/s1. The molecule has 0 fully saturated rings. The van der Waals surface area contributed by atoms with Crippen molar-refractivity contribution < 1.29 is 4.43 Å². The van der Waals surface area contributed by atoms with E-state index in [4.69, 9.17) is 4.43 Å². The van der Waals surface area contributed by atoms with Gasteiger partial charge in [-0.05, 0) is 23.5 Å². The minimum atomic E-state index is -1.68. The van der Waals surface area contributed by atoms with Crippen molar-refractivity contribution >= 4 is 8.32 Å². The fourth-order valence-corrected chi connectivity index (χ4v) is 8.34. The second-order valence-electron chi connectivity index (χ2n) is 5.38. The lowest BCUT2D eigenvalue weighted by atomic mass is 10.4. The van der Waals surface area contributed by atoms with Gasteiger partial charge in [0.25, 0.3) is 0 Å². The molecule has 0 amide bonds. The molecule has 0 bridgehead atoms. The van der Waals surface area contributed by atoms with Crippen LogP contribution >= 0.6 is 0 Å². The Bertz CT molecular complexity index is 175. The van der Waals surface area contributed by atoms with Crippen LogP contribution in [0.3, 0.4) is 0 Å². The molecule has 0 aromatic carbocycles. The quantitative estimate of drug-likeness (QED) is 0.471. The van der Waals surface area contributed by atoms with E-state index in [9.17, 15) is 0 Å². The Morgan fingerprint density at radius 3 is 1.40 bits per heavy atom. The minimum Gasteiger partial charge on any atom is -0.410 e. The lowest BCUT2D eigenvalue weighted by Crippen LogP contribution is -2.49. The summed E-state index contributed by atoms with van der Waals surface area (Å²) in [6.45, 7) is 19.8. The fraction of sp³-hybridized carbons (Fsp3) is 0.846. The Morgan fingerprint density at radius 2 is 1.20 bits per heavy atom. The highest BCUT2D eigenvalue weighted by Gasteiger charge is 2.45. The Morgan fingerprint density at radius 1 is 0.867 bits per heavy atom. The summed E-state index contributed by atoms with van der Waals surface area (Å²) in [5, 5.41) is 0. The van der Waals surface area contributed by atoms with Crippen molar-refractivity contribution in [2.24, 2.45) is 0 Å². The highest BCUT2D eigenvalue weighted by molar-refractivity contribution is 6.77. The van der Waals surface area contributed by atoms with Gasteiger partial charge in [-0.2, -0.15) is 0 Å². The molecule has 0 N–H and O–H groups in total. The van der Waals surface area contributed by atoms with E-state index >= 15 is 0 Å². The molecule has 0 aliphatic rings. The molecule has 0 aliphatic carbocycles. The molecule has 1 atom stereocenters. The molecule has 0 aromatic rings. The summed E-state index contributed by atoms with van der Waals surface area (Å²) < 4.78 is 6.39. The van der Waals surface area contributed by atoms with E-state index in [1.807, 2.05) is 6.08 Å². The first-order valence-electron chi connectivity index (χ1n) is 6.09. The SMILES string of the molecule is C=C[C@@H](C)O[Si](C(C)C)(C(C)C)C(C)C. The maximum Gasteiger partial charge on any atom is 0.201 e. The highest BCUT2D eigenvalue weighted by Crippen LogP contribution is 2.42. The van der Waals surface area contributed by atoms with Crippen molar-refractivity contribution in [1.82, 2.24) is 0 Å². The summed E-state index contributed by atoms with van der Waals surface area (Å²) in [6.07, 6.45) is 2.10. The summed E-state index contributed by atoms with van der Waals surface area (Å²) >= 11 is 0. The van der Waals surface area contributed by atoms with Gasteiger partial charge in [-0.25, -0.2) is 0 Å². The highest BCUT2D eigenvalue weighted by atomic mass is 28.4. The molecule has 0 aromatic heterocycles. The molecule has 90 valence electrons. The number of hydrogen-bond acceptors (Lipinski definition) is 1. The first-order chi connectivity index (χ1) is 6.78. The van der Waals surface area contributed by atoms with Crippen LogP contribution in [0.2, 0.25) is 16.6 Å². The molecule has 0 radical (unpaired) electrons. The number of rotatable bonds is 6. The summed E-state index contributed by atoms with van der Waals surface area (Å²) in [7, 11) is -1.68. The Hall–Kier alpha value is -0.0831. The molecule has 1 nitrogen and oxygen atoms in total. The molecule has 0 spiro atoms. The third kappa shape index (κ3) is 3.18. The van der Waals surface area contributed by atoms with Gasteiger partial charge in [0.15, 0.2) is 0 Å². The smallest absolute Gasteiger partial charge is 0.201 e. The van der Waals surface area contributed by atoms with E-state index in [1.54, 1.807) is 0 Å². The van der Waals surface area contributed by atoms with Gasteiger partial charge in [0, 0.05) is 0 Å². The average molecular weight is 228 g/mol. The van der Waals surface area contributed by atoms with E-state index < -0.39 is 8.32 Å². The zero-order valence-electron chi connectivity index (χ0n) is 11.5. The molecule has 0 aliphatic heterocycles. The third-order valence-corrected chi connectivity index (χ3v) is 9.62. The van der Waals surface area contributed by atoms with Crippen LogP contribution in [0.1, 0.15) is 48.5 Å². The van der Waals surface area contributed by atoms with Crippen molar-refractivity contribution in [2.75, 3.05) is 0 Å².